The number of allylic oxidation sites excluding steroid dienone is 1. The van der Waals surface area contributed by atoms with Crippen LogP contribution < -0.4 is 14.8 Å². The molecule has 132 valence electrons. The zero-order chi connectivity index (χ0) is 18.1. The van der Waals surface area contributed by atoms with Crippen molar-refractivity contribution in [3.8, 4) is 11.5 Å². The van der Waals surface area contributed by atoms with Gasteiger partial charge in [0.05, 0.1) is 26.5 Å². The molecule has 0 fully saturated rings. The predicted molar refractivity (Wildman–Crippen MR) is 97.9 cm³/mol. The number of benzene rings is 1. The van der Waals surface area contributed by atoms with E-state index >= 15 is 0 Å². The van der Waals surface area contributed by atoms with Crippen LogP contribution in [0.1, 0.15) is 15.9 Å². The number of aliphatic imine (C=N–C) groups is 1. The van der Waals surface area contributed by atoms with E-state index in [1.807, 2.05) is 11.0 Å². The van der Waals surface area contributed by atoms with E-state index < -0.39 is 0 Å². The SMILES string of the molecule is COc1cc(OC)c2c(c1)C1=NCCN1C(=CC(=O)c1cccnc1)N2. The number of methoxy groups -OCH3 is 2. The quantitative estimate of drug-likeness (QED) is 0.674. The van der Waals surface area contributed by atoms with Gasteiger partial charge in [0.1, 0.15) is 23.2 Å². The van der Waals surface area contributed by atoms with E-state index in [9.17, 15) is 4.79 Å². The van der Waals surface area contributed by atoms with E-state index in [0.29, 0.717) is 36.0 Å². The Hall–Kier alpha value is -3.35. The van der Waals surface area contributed by atoms with Gasteiger partial charge in [0, 0.05) is 42.2 Å². The van der Waals surface area contributed by atoms with Gasteiger partial charge >= 0.3 is 0 Å². The smallest absolute Gasteiger partial charge is 0.191 e. The Kier molecular flexibility index (Phi) is 4.04. The number of ether oxygens (including phenoxy) is 2. The van der Waals surface area contributed by atoms with Crippen LogP contribution in [-0.4, -0.2) is 48.8 Å². The largest absolute Gasteiger partial charge is 0.497 e. The van der Waals surface area contributed by atoms with Gasteiger partial charge < -0.3 is 19.7 Å². The lowest BCUT2D eigenvalue weighted by Crippen LogP contribution is -2.36. The first-order valence-corrected chi connectivity index (χ1v) is 8.22. The van der Waals surface area contributed by atoms with Crippen molar-refractivity contribution in [2.75, 3.05) is 32.6 Å². The lowest BCUT2D eigenvalue weighted by atomic mass is 10.1. The van der Waals surface area contributed by atoms with Gasteiger partial charge in [0.15, 0.2) is 5.78 Å². The number of fused-ring (bicyclic) bond motifs is 3. The fourth-order valence-corrected chi connectivity index (χ4v) is 3.11. The second-order valence-corrected chi connectivity index (χ2v) is 5.87. The van der Waals surface area contributed by atoms with E-state index in [2.05, 4.69) is 15.3 Å². The molecular formula is C19H18N4O3. The summed E-state index contributed by atoms with van der Waals surface area (Å²) < 4.78 is 10.9. The van der Waals surface area contributed by atoms with Crippen molar-refractivity contribution < 1.29 is 14.3 Å². The summed E-state index contributed by atoms with van der Waals surface area (Å²) in [6, 6.07) is 7.21. The van der Waals surface area contributed by atoms with Crippen molar-refractivity contribution in [1.29, 1.82) is 0 Å². The summed E-state index contributed by atoms with van der Waals surface area (Å²) in [6.07, 6.45) is 4.77. The number of rotatable bonds is 4. The highest BCUT2D eigenvalue weighted by Gasteiger charge is 2.32. The molecule has 0 unspecified atom stereocenters. The Morgan fingerprint density at radius 1 is 1.31 bits per heavy atom. The highest BCUT2D eigenvalue weighted by atomic mass is 16.5. The molecule has 0 radical (unpaired) electrons. The topological polar surface area (TPSA) is 76.1 Å². The number of amidine groups is 1. The first-order chi connectivity index (χ1) is 12.7. The summed E-state index contributed by atoms with van der Waals surface area (Å²) in [5.41, 5.74) is 2.20. The molecule has 0 amide bonds. The maximum absolute atomic E-state index is 12.6. The van der Waals surface area contributed by atoms with Gasteiger partial charge in [-0.05, 0) is 18.2 Å². The third-order valence-corrected chi connectivity index (χ3v) is 4.37. The molecule has 2 aliphatic rings. The second-order valence-electron chi connectivity index (χ2n) is 5.87. The van der Waals surface area contributed by atoms with Crippen LogP contribution in [0, 0.1) is 0 Å². The van der Waals surface area contributed by atoms with E-state index in [0.717, 1.165) is 17.1 Å². The molecule has 2 aliphatic heterocycles. The zero-order valence-electron chi connectivity index (χ0n) is 14.5. The van der Waals surface area contributed by atoms with Crippen LogP contribution in [0.4, 0.5) is 5.69 Å². The van der Waals surface area contributed by atoms with E-state index in [1.54, 1.807) is 50.9 Å². The number of aromatic nitrogens is 1. The fraction of sp³-hybridized carbons (Fsp3) is 0.211. The molecule has 0 saturated carbocycles. The van der Waals surface area contributed by atoms with Crippen molar-refractivity contribution in [1.82, 2.24) is 9.88 Å². The standard InChI is InChI=1S/C19H18N4O3/c1-25-13-8-14-18(16(9-13)26-2)22-17(23-7-6-21-19(14)23)10-15(24)12-4-3-5-20-11-12/h3-5,8-11,22H,6-7H2,1-2H3. The molecule has 1 aromatic heterocycles. The van der Waals surface area contributed by atoms with Crippen molar-refractivity contribution in [2.45, 2.75) is 0 Å². The Morgan fingerprint density at radius 3 is 2.92 bits per heavy atom. The van der Waals surface area contributed by atoms with Crippen LogP contribution in [0.15, 0.2) is 53.5 Å². The van der Waals surface area contributed by atoms with Gasteiger partial charge in [-0.25, -0.2) is 0 Å². The molecule has 26 heavy (non-hydrogen) atoms. The maximum Gasteiger partial charge on any atom is 0.191 e. The number of ketones is 1. The Labute approximate surface area is 151 Å². The average Bonchev–Trinajstić information content (AvgIpc) is 3.18. The fourth-order valence-electron chi connectivity index (χ4n) is 3.11. The van der Waals surface area contributed by atoms with Crippen LogP contribution in [0.25, 0.3) is 0 Å². The Balaban J connectivity index is 1.78. The summed E-state index contributed by atoms with van der Waals surface area (Å²) in [5, 5.41) is 3.32. The zero-order valence-corrected chi connectivity index (χ0v) is 14.5. The molecule has 0 spiro atoms. The first kappa shape index (κ1) is 16.1. The van der Waals surface area contributed by atoms with Crippen LogP contribution >= 0.6 is 0 Å². The second kappa shape index (κ2) is 6.51. The summed E-state index contributed by atoms with van der Waals surface area (Å²) in [4.78, 5) is 23.2. The molecule has 3 heterocycles. The molecule has 4 rings (SSSR count). The highest BCUT2D eigenvalue weighted by molar-refractivity contribution is 6.11. The number of nitrogens with one attached hydrogen (secondary N) is 1. The molecule has 1 N–H and O–H groups in total. The number of pyridine rings is 1. The molecule has 0 saturated heterocycles. The summed E-state index contributed by atoms with van der Waals surface area (Å²) in [5.74, 6) is 2.68. The Bertz CT molecular complexity index is 922. The average molecular weight is 350 g/mol. The van der Waals surface area contributed by atoms with Crippen LogP contribution in [-0.2, 0) is 0 Å². The minimum Gasteiger partial charge on any atom is -0.497 e. The molecule has 1 aromatic carbocycles. The van der Waals surface area contributed by atoms with Gasteiger partial charge in [0.25, 0.3) is 0 Å². The number of hydrogen-bond donors (Lipinski definition) is 1. The lowest BCUT2D eigenvalue weighted by Gasteiger charge is -2.32. The van der Waals surface area contributed by atoms with Gasteiger partial charge in [0.2, 0.25) is 0 Å². The molecule has 0 bridgehead atoms. The third-order valence-electron chi connectivity index (χ3n) is 4.37. The highest BCUT2D eigenvalue weighted by Crippen LogP contribution is 2.40. The molecule has 7 heteroatoms. The number of nitrogens with zero attached hydrogens (tertiary/aromatic N) is 3. The van der Waals surface area contributed by atoms with Gasteiger partial charge in [-0.2, -0.15) is 0 Å². The molecular weight excluding hydrogens is 332 g/mol. The van der Waals surface area contributed by atoms with Crippen LogP contribution in [0.3, 0.4) is 0 Å². The van der Waals surface area contributed by atoms with Crippen molar-refractivity contribution in [2.24, 2.45) is 4.99 Å². The monoisotopic (exact) mass is 350 g/mol. The van der Waals surface area contributed by atoms with E-state index in [-0.39, 0.29) is 5.78 Å². The third kappa shape index (κ3) is 2.67. The van der Waals surface area contributed by atoms with Crippen LogP contribution in [0.5, 0.6) is 11.5 Å². The summed E-state index contributed by atoms with van der Waals surface area (Å²) in [7, 11) is 3.22. The van der Waals surface area contributed by atoms with Crippen molar-refractivity contribution >= 4 is 17.3 Å². The van der Waals surface area contributed by atoms with Gasteiger partial charge in [-0.3, -0.25) is 14.8 Å². The summed E-state index contributed by atoms with van der Waals surface area (Å²) >= 11 is 0. The molecule has 0 aliphatic carbocycles. The van der Waals surface area contributed by atoms with Crippen LogP contribution in [0.2, 0.25) is 0 Å². The number of hydrogen-bond acceptors (Lipinski definition) is 7. The lowest BCUT2D eigenvalue weighted by molar-refractivity contribution is 0.104. The van der Waals surface area contributed by atoms with E-state index in [1.165, 1.54) is 0 Å². The maximum atomic E-state index is 12.6. The number of anilines is 1. The minimum atomic E-state index is -0.122. The van der Waals surface area contributed by atoms with E-state index in [4.69, 9.17) is 9.47 Å². The van der Waals surface area contributed by atoms with Crippen molar-refractivity contribution in [3.63, 3.8) is 0 Å². The first-order valence-electron chi connectivity index (χ1n) is 8.22. The predicted octanol–water partition coefficient (Wildman–Crippen LogP) is 2.31. The number of carbonyl (C=O) groups is 1. The van der Waals surface area contributed by atoms with Gasteiger partial charge in [-0.15, -0.1) is 0 Å². The molecule has 2 aromatic rings. The van der Waals surface area contributed by atoms with Gasteiger partial charge in [-0.1, -0.05) is 0 Å². The molecule has 7 nitrogen and oxygen atoms in total. The normalized spacial score (nSPS) is 16.5. The van der Waals surface area contributed by atoms with Crippen molar-refractivity contribution in [3.05, 3.63) is 59.7 Å². The molecule has 0 atom stereocenters. The summed E-state index contributed by atoms with van der Waals surface area (Å²) in [6.45, 7) is 1.36. The Morgan fingerprint density at radius 2 is 2.19 bits per heavy atom. The number of carbonyl (C=O) groups excluding carboxylic acids is 1. The minimum absolute atomic E-state index is 0.122.